The van der Waals surface area contributed by atoms with Crippen LogP contribution in [0.3, 0.4) is 0 Å². The number of nitrogens with zero attached hydrogens (tertiary/aromatic N) is 4. The topological polar surface area (TPSA) is 35.6 Å². The van der Waals surface area contributed by atoms with Crippen LogP contribution in [-0.2, 0) is 0 Å². The van der Waals surface area contributed by atoms with Gasteiger partial charge in [-0.2, -0.15) is 0 Å². The zero-order chi connectivity index (χ0) is 38.3. The highest BCUT2D eigenvalue weighted by Crippen LogP contribution is 2.36. The van der Waals surface area contributed by atoms with E-state index in [0.29, 0.717) is 5.95 Å². The highest BCUT2D eigenvalue weighted by Gasteiger charge is 2.19. The van der Waals surface area contributed by atoms with Crippen LogP contribution in [0.25, 0.3) is 89.5 Å². The predicted octanol–water partition coefficient (Wildman–Crippen LogP) is 13.6. The van der Waals surface area contributed by atoms with Crippen LogP contribution >= 0.6 is 0 Å². The fourth-order valence-electron chi connectivity index (χ4n) is 8.19. The summed E-state index contributed by atoms with van der Waals surface area (Å²) in [4.78, 5) is 10.1. The molecule has 0 amide bonds. The van der Waals surface area contributed by atoms with Gasteiger partial charge in [-0.15, -0.1) is 0 Å². The van der Waals surface area contributed by atoms with Gasteiger partial charge < -0.3 is 4.57 Å². The minimum Gasteiger partial charge on any atom is -0.309 e. The number of rotatable bonds is 8. The van der Waals surface area contributed by atoms with E-state index in [0.717, 1.165) is 61.4 Å². The maximum absolute atomic E-state index is 5.23. The number of aromatic nitrogens is 4. The molecule has 0 bridgehead atoms. The van der Waals surface area contributed by atoms with Gasteiger partial charge >= 0.3 is 0 Å². The van der Waals surface area contributed by atoms with Gasteiger partial charge in [-0.1, -0.05) is 146 Å². The lowest BCUT2D eigenvalue weighted by atomic mass is 9.98. The van der Waals surface area contributed by atoms with Crippen molar-refractivity contribution in [1.29, 1.82) is 0 Å². The van der Waals surface area contributed by atoms with Gasteiger partial charge in [0, 0.05) is 33.6 Å². The van der Waals surface area contributed by atoms with E-state index in [1.54, 1.807) is 0 Å². The van der Waals surface area contributed by atoms with Crippen molar-refractivity contribution in [2.75, 3.05) is 0 Å². The van der Waals surface area contributed by atoms with Crippen LogP contribution in [0.4, 0.5) is 0 Å². The molecule has 4 heteroatoms. The van der Waals surface area contributed by atoms with Crippen LogP contribution in [0.2, 0.25) is 0 Å². The smallest absolute Gasteiger partial charge is 0.235 e. The Morgan fingerprint density at radius 3 is 1.86 bits per heavy atom. The molecular weight excluding hydrogens is 693 g/mol. The van der Waals surface area contributed by atoms with Gasteiger partial charge in [0.05, 0.1) is 27.9 Å². The molecule has 0 atom stereocenters. The molecule has 0 N–H and O–H groups in total. The van der Waals surface area contributed by atoms with Crippen molar-refractivity contribution in [3.63, 3.8) is 0 Å². The molecule has 0 spiro atoms. The molecule has 0 saturated carbocycles. The Balaban J connectivity index is 1.06. The Morgan fingerprint density at radius 1 is 0.509 bits per heavy atom. The molecule has 3 aromatic heterocycles. The van der Waals surface area contributed by atoms with Crippen molar-refractivity contribution in [2.45, 2.75) is 6.92 Å². The SMILES string of the molecule is C=C/C(=C\c1c(C)c2ccccc2n1-c1nccc(-c2cccc(-c3ccc(-c4ccccc4)cc3)c2)n1)c1ccc2c(c1)c1ccccc1n2-c1ccccc1. The summed E-state index contributed by atoms with van der Waals surface area (Å²) in [7, 11) is 0. The third-order valence-corrected chi connectivity index (χ3v) is 11.0. The molecule has 4 nitrogen and oxygen atoms in total. The normalized spacial score (nSPS) is 11.8. The van der Waals surface area contributed by atoms with Crippen molar-refractivity contribution < 1.29 is 0 Å². The Kier molecular flexibility index (Phi) is 8.50. The largest absolute Gasteiger partial charge is 0.309 e. The number of hydrogen-bond acceptors (Lipinski definition) is 2. The van der Waals surface area contributed by atoms with Crippen LogP contribution in [0.1, 0.15) is 16.8 Å². The van der Waals surface area contributed by atoms with Gasteiger partial charge in [0.15, 0.2) is 0 Å². The number of hydrogen-bond donors (Lipinski definition) is 0. The Bertz CT molecular complexity index is 3130. The van der Waals surface area contributed by atoms with E-state index in [1.807, 2.05) is 24.4 Å². The molecule has 0 radical (unpaired) electrons. The fraction of sp³-hybridized carbons (Fsp3) is 0.0189. The van der Waals surface area contributed by atoms with Gasteiger partial charge in [-0.3, -0.25) is 4.57 Å². The fourth-order valence-corrected chi connectivity index (χ4v) is 8.19. The Labute approximate surface area is 332 Å². The van der Waals surface area contributed by atoms with Gasteiger partial charge in [0.25, 0.3) is 0 Å². The average Bonchev–Trinajstić information content (AvgIpc) is 3.77. The summed E-state index contributed by atoms with van der Waals surface area (Å²) in [5, 5.41) is 3.57. The van der Waals surface area contributed by atoms with Gasteiger partial charge in [-0.25, -0.2) is 9.97 Å². The maximum Gasteiger partial charge on any atom is 0.235 e. The summed E-state index contributed by atoms with van der Waals surface area (Å²) in [6.45, 7) is 6.49. The van der Waals surface area contributed by atoms with E-state index in [-0.39, 0.29) is 0 Å². The highest BCUT2D eigenvalue weighted by molar-refractivity contribution is 6.10. The van der Waals surface area contributed by atoms with Gasteiger partial charge in [-0.05, 0) is 100 Å². The second-order valence-corrected chi connectivity index (χ2v) is 14.4. The predicted molar refractivity (Wildman–Crippen MR) is 239 cm³/mol. The number of para-hydroxylation sites is 3. The maximum atomic E-state index is 5.23. The molecule has 0 unspecified atom stereocenters. The quantitative estimate of drug-likeness (QED) is 0.146. The zero-order valence-electron chi connectivity index (χ0n) is 31.5. The molecule has 0 saturated heterocycles. The second-order valence-electron chi connectivity index (χ2n) is 14.4. The lowest BCUT2D eigenvalue weighted by Crippen LogP contribution is -2.04. The second kappa shape index (κ2) is 14.3. The summed E-state index contributed by atoms with van der Waals surface area (Å²) in [6, 6.07) is 64.2. The van der Waals surface area contributed by atoms with Crippen LogP contribution in [0, 0.1) is 6.92 Å². The monoisotopic (exact) mass is 730 g/mol. The number of fused-ring (bicyclic) bond motifs is 4. The summed E-state index contributed by atoms with van der Waals surface area (Å²) in [5.74, 6) is 0.616. The van der Waals surface area contributed by atoms with E-state index in [1.165, 1.54) is 32.9 Å². The first-order valence-electron chi connectivity index (χ1n) is 19.3. The van der Waals surface area contributed by atoms with Crippen LogP contribution in [0.15, 0.2) is 201 Å². The molecule has 0 aliphatic carbocycles. The van der Waals surface area contributed by atoms with E-state index < -0.39 is 0 Å². The molecule has 3 heterocycles. The van der Waals surface area contributed by atoms with E-state index in [2.05, 4.69) is 199 Å². The van der Waals surface area contributed by atoms with Crippen molar-refractivity contribution >= 4 is 44.4 Å². The number of benzene rings is 7. The Morgan fingerprint density at radius 2 is 1.11 bits per heavy atom. The zero-order valence-corrected chi connectivity index (χ0v) is 31.5. The summed E-state index contributed by atoms with van der Waals surface area (Å²) < 4.78 is 4.53. The molecule has 10 aromatic rings. The number of allylic oxidation sites excluding steroid dienone is 2. The third kappa shape index (κ3) is 6.05. The van der Waals surface area contributed by atoms with Gasteiger partial charge in [0.1, 0.15) is 0 Å². The molecule has 57 heavy (non-hydrogen) atoms. The minimum atomic E-state index is 0.616. The molecule has 270 valence electrons. The standard InChI is InChI=1S/C53H38N4/c1-3-37(42-29-30-51-47(34-42)46-22-11-13-24-50(46)56(51)44-19-8-5-9-20-44)35-52-36(2)45-21-10-12-23-49(45)57(52)53-54-32-31-48(55-53)43-18-14-17-41(33-43)40-27-25-39(26-28-40)38-15-6-4-7-16-38/h3-35H,1H2,2H3/b37-35+. The highest BCUT2D eigenvalue weighted by atomic mass is 15.2. The Hall–Kier alpha value is -7.56. The average molecular weight is 731 g/mol. The first-order valence-corrected chi connectivity index (χ1v) is 19.3. The van der Waals surface area contributed by atoms with Crippen molar-refractivity contribution in [2.24, 2.45) is 0 Å². The lowest BCUT2D eigenvalue weighted by molar-refractivity contribution is 0.952. The van der Waals surface area contributed by atoms with Crippen LogP contribution < -0.4 is 0 Å². The van der Waals surface area contributed by atoms with E-state index in [9.17, 15) is 0 Å². The summed E-state index contributed by atoms with van der Waals surface area (Å²) >= 11 is 0. The third-order valence-electron chi connectivity index (χ3n) is 11.0. The number of aryl methyl sites for hydroxylation is 1. The van der Waals surface area contributed by atoms with Crippen molar-refractivity contribution in [1.82, 2.24) is 19.1 Å². The molecule has 7 aromatic carbocycles. The first kappa shape index (κ1) is 34.0. The molecule has 0 fully saturated rings. The lowest BCUT2D eigenvalue weighted by Gasteiger charge is -2.12. The van der Waals surface area contributed by atoms with Crippen molar-refractivity contribution in [3.8, 4) is 45.1 Å². The summed E-state index contributed by atoms with van der Waals surface area (Å²) in [6.07, 6.45) is 6.05. The molecule has 0 aliphatic rings. The molecule has 10 rings (SSSR count). The van der Waals surface area contributed by atoms with Crippen molar-refractivity contribution in [3.05, 3.63) is 218 Å². The first-order chi connectivity index (χ1) is 28.1. The van der Waals surface area contributed by atoms with Gasteiger partial charge in [0.2, 0.25) is 5.95 Å². The molecule has 0 aliphatic heterocycles. The van der Waals surface area contributed by atoms with Crippen LogP contribution in [0.5, 0.6) is 0 Å². The van der Waals surface area contributed by atoms with Crippen LogP contribution in [-0.4, -0.2) is 19.1 Å². The minimum absolute atomic E-state index is 0.616. The van der Waals surface area contributed by atoms with E-state index >= 15 is 0 Å². The van der Waals surface area contributed by atoms with E-state index in [4.69, 9.17) is 9.97 Å². The molecular formula is C53H38N4. The summed E-state index contributed by atoms with van der Waals surface area (Å²) in [5.41, 5.74) is 15.4.